The Balaban J connectivity index is 3.20. The third-order valence-corrected chi connectivity index (χ3v) is 1.68. The Hall–Kier alpha value is -0.120. The molecule has 0 aromatic rings. The Morgan fingerprint density at radius 1 is 1.18 bits per heavy atom. The normalized spacial score (nSPS) is 13.4. The SMILES string of the molecule is CCCNCC(CNC)NC. The van der Waals surface area contributed by atoms with E-state index in [-0.39, 0.29) is 0 Å². The van der Waals surface area contributed by atoms with Crippen LogP contribution >= 0.6 is 0 Å². The maximum atomic E-state index is 3.37. The molecule has 0 aliphatic heterocycles. The lowest BCUT2D eigenvalue weighted by Crippen LogP contribution is -2.43. The summed E-state index contributed by atoms with van der Waals surface area (Å²) in [6.07, 6.45) is 1.20. The summed E-state index contributed by atoms with van der Waals surface area (Å²) in [5, 5.41) is 9.75. The van der Waals surface area contributed by atoms with Gasteiger partial charge >= 0.3 is 0 Å². The third-order valence-electron chi connectivity index (χ3n) is 1.68. The van der Waals surface area contributed by atoms with E-state index in [0.29, 0.717) is 6.04 Å². The second-order valence-corrected chi connectivity index (χ2v) is 2.75. The number of rotatable bonds is 7. The molecule has 0 heterocycles. The van der Waals surface area contributed by atoms with Gasteiger partial charge in [0.05, 0.1) is 0 Å². The van der Waals surface area contributed by atoms with Crippen LogP contribution in [0.3, 0.4) is 0 Å². The highest BCUT2D eigenvalue weighted by molar-refractivity contribution is 4.68. The van der Waals surface area contributed by atoms with Gasteiger partial charge < -0.3 is 16.0 Å². The van der Waals surface area contributed by atoms with Gasteiger partial charge in [0.25, 0.3) is 0 Å². The van der Waals surface area contributed by atoms with E-state index in [1.165, 1.54) is 6.42 Å². The van der Waals surface area contributed by atoms with Crippen LogP contribution in [0.2, 0.25) is 0 Å². The molecule has 1 atom stereocenters. The van der Waals surface area contributed by atoms with Gasteiger partial charge in [0.1, 0.15) is 0 Å². The highest BCUT2D eigenvalue weighted by Gasteiger charge is 2.01. The van der Waals surface area contributed by atoms with Crippen LogP contribution in [0.1, 0.15) is 13.3 Å². The van der Waals surface area contributed by atoms with Gasteiger partial charge in [-0.2, -0.15) is 0 Å². The predicted molar refractivity (Wildman–Crippen MR) is 49.9 cm³/mol. The maximum absolute atomic E-state index is 3.37. The topological polar surface area (TPSA) is 36.1 Å². The van der Waals surface area contributed by atoms with Crippen molar-refractivity contribution in [2.24, 2.45) is 0 Å². The van der Waals surface area contributed by atoms with Crippen LogP contribution in [0, 0.1) is 0 Å². The summed E-state index contributed by atoms with van der Waals surface area (Å²) in [5.41, 5.74) is 0. The van der Waals surface area contributed by atoms with Gasteiger partial charge in [-0.3, -0.25) is 0 Å². The lowest BCUT2D eigenvalue weighted by atomic mass is 10.3. The number of hydrogen-bond donors (Lipinski definition) is 3. The summed E-state index contributed by atoms with van der Waals surface area (Å²) in [6, 6.07) is 0.548. The summed E-state index contributed by atoms with van der Waals surface area (Å²) in [5.74, 6) is 0. The maximum Gasteiger partial charge on any atom is 0.0314 e. The van der Waals surface area contributed by atoms with Crippen molar-refractivity contribution in [3.63, 3.8) is 0 Å². The molecular formula is C8H21N3. The Labute approximate surface area is 69.9 Å². The second kappa shape index (κ2) is 7.98. The van der Waals surface area contributed by atoms with Crippen LogP contribution < -0.4 is 16.0 Å². The van der Waals surface area contributed by atoms with E-state index in [1.54, 1.807) is 0 Å². The Kier molecular flexibility index (Phi) is 7.89. The first kappa shape index (κ1) is 10.9. The number of likely N-dealkylation sites (N-methyl/N-ethyl adjacent to an activating group) is 2. The minimum atomic E-state index is 0.548. The van der Waals surface area contributed by atoms with Crippen LogP contribution in [0.4, 0.5) is 0 Å². The van der Waals surface area contributed by atoms with E-state index >= 15 is 0 Å². The van der Waals surface area contributed by atoms with Gasteiger partial charge in [-0.05, 0) is 27.1 Å². The van der Waals surface area contributed by atoms with E-state index in [1.807, 2.05) is 14.1 Å². The van der Waals surface area contributed by atoms with E-state index in [2.05, 4.69) is 22.9 Å². The molecule has 3 heteroatoms. The van der Waals surface area contributed by atoms with E-state index in [9.17, 15) is 0 Å². The molecule has 0 radical (unpaired) electrons. The van der Waals surface area contributed by atoms with Crippen molar-refractivity contribution >= 4 is 0 Å². The monoisotopic (exact) mass is 159 g/mol. The fourth-order valence-electron chi connectivity index (χ4n) is 0.976. The lowest BCUT2D eigenvalue weighted by molar-refractivity contribution is 0.489. The second-order valence-electron chi connectivity index (χ2n) is 2.75. The average Bonchev–Trinajstić information content (AvgIpc) is 2.03. The van der Waals surface area contributed by atoms with Crippen molar-refractivity contribution in [3.8, 4) is 0 Å². The van der Waals surface area contributed by atoms with Crippen molar-refractivity contribution in [1.29, 1.82) is 0 Å². The molecule has 68 valence electrons. The van der Waals surface area contributed by atoms with Crippen LogP contribution in [-0.4, -0.2) is 39.8 Å². The summed E-state index contributed by atoms with van der Waals surface area (Å²) in [4.78, 5) is 0. The van der Waals surface area contributed by atoms with Crippen LogP contribution in [-0.2, 0) is 0 Å². The highest BCUT2D eigenvalue weighted by atomic mass is 15.0. The van der Waals surface area contributed by atoms with Gasteiger partial charge in [-0.25, -0.2) is 0 Å². The molecule has 0 aliphatic rings. The number of nitrogens with one attached hydrogen (secondary N) is 3. The first-order chi connectivity index (χ1) is 5.35. The zero-order valence-electron chi connectivity index (χ0n) is 7.91. The van der Waals surface area contributed by atoms with Crippen molar-refractivity contribution in [3.05, 3.63) is 0 Å². The van der Waals surface area contributed by atoms with Crippen LogP contribution in [0.5, 0.6) is 0 Å². The van der Waals surface area contributed by atoms with E-state index < -0.39 is 0 Å². The molecule has 1 unspecified atom stereocenters. The minimum absolute atomic E-state index is 0.548. The smallest absolute Gasteiger partial charge is 0.0314 e. The Morgan fingerprint density at radius 2 is 1.91 bits per heavy atom. The first-order valence-electron chi connectivity index (χ1n) is 4.37. The largest absolute Gasteiger partial charge is 0.318 e. The average molecular weight is 159 g/mol. The van der Waals surface area contributed by atoms with Gasteiger partial charge in [0.15, 0.2) is 0 Å². The molecule has 11 heavy (non-hydrogen) atoms. The third kappa shape index (κ3) is 6.28. The predicted octanol–water partition coefficient (Wildman–Crippen LogP) is -0.207. The van der Waals surface area contributed by atoms with Crippen molar-refractivity contribution in [2.45, 2.75) is 19.4 Å². The highest BCUT2D eigenvalue weighted by Crippen LogP contribution is 1.77. The zero-order chi connectivity index (χ0) is 8.53. The Morgan fingerprint density at radius 3 is 2.36 bits per heavy atom. The minimum Gasteiger partial charge on any atom is -0.318 e. The fraction of sp³-hybridized carbons (Fsp3) is 1.00. The summed E-state index contributed by atoms with van der Waals surface area (Å²) in [7, 11) is 3.97. The summed E-state index contributed by atoms with van der Waals surface area (Å²) < 4.78 is 0. The quantitative estimate of drug-likeness (QED) is 0.450. The summed E-state index contributed by atoms with van der Waals surface area (Å²) >= 11 is 0. The van der Waals surface area contributed by atoms with Gasteiger partial charge in [0, 0.05) is 19.1 Å². The molecule has 3 N–H and O–H groups in total. The molecule has 0 fully saturated rings. The molecule has 0 aliphatic carbocycles. The lowest BCUT2D eigenvalue weighted by Gasteiger charge is -2.15. The molecule has 0 rings (SSSR count). The molecule has 0 spiro atoms. The zero-order valence-corrected chi connectivity index (χ0v) is 7.91. The molecule has 0 amide bonds. The van der Waals surface area contributed by atoms with Crippen molar-refractivity contribution in [2.75, 3.05) is 33.7 Å². The fourth-order valence-corrected chi connectivity index (χ4v) is 0.976. The first-order valence-corrected chi connectivity index (χ1v) is 4.37. The van der Waals surface area contributed by atoms with Gasteiger partial charge in [-0.1, -0.05) is 6.92 Å². The van der Waals surface area contributed by atoms with E-state index in [4.69, 9.17) is 0 Å². The molecule has 0 aromatic carbocycles. The van der Waals surface area contributed by atoms with Crippen LogP contribution in [0.25, 0.3) is 0 Å². The van der Waals surface area contributed by atoms with Gasteiger partial charge in [0.2, 0.25) is 0 Å². The Bertz CT molecular complexity index is 75.7. The summed E-state index contributed by atoms with van der Waals surface area (Å²) in [6.45, 7) is 5.36. The van der Waals surface area contributed by atoms with Crippen molar-refractivity contribution < 1.29 is 0 Å². The standard InChI is InChI=1S/C8H21N3/c1-4-5-11-7-8(10-3)6-9-2/h8-11H,4-7H2,1-3H3. The molecule has 3 nitrogen and oxygen atoms in total. The molecule has 0 bridgehead atoms. The molecule has 0 saturated heterocycles. The van der Waals surface area contributed by atoms with Crippen LogP contribution in [0.15, 0.2) is 0 Å². The molecular weight excluding hydrogens is 138 g/mol. The molecule has 0 saturated carbocycles. The van der Waals surface area contributed by atoms with E-state index in [0.717, 1.165) is 19.6 Å². The van der Waals surface area contributed by atoms with Gasteiger partial charge in [-0.15, -0.1) is 0 Å². The molecule has 0 aromatic heterocycles. The number of hydrogen-bond acceptors (Lipinski definition) is 3. The van der Waals surface area contributed by atoms with Crippen molar-refractivity contribution in [1.82, 2.24) is 16.0 Å².